The number of hydrogen-bond donors (Lipinski definition) is 2. The number of nitrogens with two attached hydrogens (primary N) is 1. The molecule has 0 aromatic carbocycles. The molecule has 2 atom stereocenters. The predicted octanol–water partition coefficient (Wildman–Crippen LogP) is 1.52. The zero-order valence-electron chi connectivity index (χ0n) is 9.55. The standard InChI is InChI=1S/C8H18N2O.C2H6/c1-4-7(5-6(2)9)8(11)10-3;1-2/h6-7H,4-5,9H2,1-3H3,(H,10,11);1-2H3. The molecular formula is C10H24N2O. The van der Waals surface area contributed by atoms with Crippen molar-refractivity contribution in [1.29, 1.82) is 0 Å². The van der Waals surface area contributed by atoms with Gasteiger partial charge in [0.25, 0.3) is 0 Å². The molecule has 1 amide bonds. The van der Waals surface area contributed by atoms with Crippen LogP contribution in [0.2, 0.25) is 0 Å². The third kappa shape index (κ3) is 7.78. The van der Waals surface area contributed by atoms with Crippen LogP contribution >= 0.6 is 0 Å². The Bertz CT molecular complexity index is 124. The van der Waals surface area contributed by atoms with Crippen LogP contribution in [0.3, 0.4) is 0 Å². The number of nitrogens with one attached hydrogen (secondary N) is 1. The van der Waals surface area contributed by atoms with E-state index in [0.29, 0.717) is 0 Å². The molecular weight excluding hydrogens is 164 g/mol. The average Bonchev–Trinajstić information content (AvgIpc) is 2.16. The lowest BCUT2D eigenvalue weighted by Gasteiger charge is -2.14. The molecule has 0 aliphatic carbocycles. The van der Waals surface area contributed by atoms with Crippen molar-refractivity contribution in [2.45, 2.75) is 46.6 Å². The Kier molecular flexibility index (Phi) is 10.9. The zero-order chi connectivity index (χ0) is 10.9. The van der Waals surface area contributed by atoms with Crippen molar-refractivity contribution in [3.63, 3.8) is 0 Å². The lowest BCUT2D eigenvalue weighted by atomic mass is 9.98. The molecule has 0 rings (SSSR count). The van der Waals surface area contributed by atoms with Crippen LogP contribution in [0.5, 0.6) is 0 Å². The summed E-state index contributed by atoms with van der Waals surface area (Å²) in [6.45, 7) is 7.92. The summed E-state index contributed by atoms with van der Waals surface area (Å²) in [5.41, 5.74) is 5.58. The third-order valence-corrected chi connectivity index (χ3v) is 1.77. The van der Waals surface area contributed by atoms with E-state index in [0.717, 1.165) is 12.8 Å². The van der Waals surface area contributed by atoms with Gasteiger partial charge >= 0.3 is 0 Å². The fraction of sp³-hybridized carbons (Fsp3) is 0.900. The Morgan fingerprint density at radius 2 is 1.92 bits per heavy atom. The van der Waals surface area contributed by atoms with Gasteiger partial charge in [-0.3, -0.25) is 4.79 Å². The summed E-state index contributed by atoms with van der Waals surface area (Å²) in [5.74, 6) is 0.185. The average molecular weight is 188 g/mol. The molecule has 0 aliphatic rings. The lowest BCUT2D eigenvalue weighted by molar-refractivity contribution is -0.124. The second kappa shape index (κ2) is 9.52. The number of hydrogen-bond acceptors (Lipinski definition) is 2. The van der Waals surface area contributed by atoms with Gasteiger partial charge in [0.2, 0.25) is 5.91 Å². The highest BCUT2D eigenvalue weighted by Crippen LogP contribution is 2.09. The predicted molar refractivity (Wildman–Crippen MR) is 57.5 cm³/mol. The summed E-state index contributed by atoms with van der Waals surface area (Å²) < 4.78 is 0. The quantitative estimate of drug-likeness (QED) is 0.703. The smallest absolute Gasteiger partial charge is 0.222 e. The van der Waals surface area contributed by atoms with E-state index in [1.54, 1.807) is 7.05 Å². The minimum absolute atomic E-state index is 0.0833. The van der Waals surface area contributed by atoms with E-state index in [2.05, 4.69) is 5.32 Å². The second-order valence-electron chi connectivity index (χ2n) is 2.93. The lowest BCUT2D eigenvalue weighted by Crippen LogP contribution is -2.31. The monoisotopic (exact) mass is 188 g/mol. The van der Waals surface area contributed by atoms with Gasteiger partial charge < -0.3 is 11.1 Å². The van der Waals surface area contributed by atoms with Gasteiger partial charge in [0.05, 0.1) is 0 Å². The maximum absolute atomic E-state index is 11.1. The first-order valence-electron chi connectivity index (χ1n) is 5.09. The van der Waals surface area contributed by atoms with Crippen LogP contribution < -0.4 is 11.1 Å². The third-order valence-electron chi connectivity index (χ3n) is 1.77. The molecule has 0 fully saturated rings. The van der Waals surface area contributed by atoms with E-state index in [4.69, 9.17) is 5.73 Å². The van der Waals surface area contributed by atoms with Crippen molar-refractivity contribution in [2.24, 2.45) is 11.7 Å². The van der Waals surface area contributed by atoms with E-state index < -0.39 is 0 Å². The number of carbonyl (C=O) groups is 1. The van der Waals surface area contributed by atoms with Crippen molar-refractivity contribution in [3.8, 4) is 0 Å². The minimum atomic E-state index is 0.0833. The van der Waals surface area contributed by atoms with E-state index in [1.807, 2.05) is 27.7 Å². The highest BCUT2D eigenvalue weighted by Gasteiger charge is 2.15. The molecule has 0 heterocycles. The molecule has 0 saturated heterocycles. The first-order valence-corrected chi connectivity index (χ1v) is 5.09. The minimum Gasteiger partial charge on any atom is -0.359 e. The summed E-state index contributed by atoms with van der Waals surface area (Å²) in [6, 6.07) is 0.109. The molecule has 0 aromatic rings. The SMILES string of the molecule is CC.CCC(CC(C)N)C(=O)NC. The van der Waals surface area contributed by atoms with Crippen molar-refractivity contribution in [2.75, 3.05) is 7.05 Å². The van der Waals surface area contributed by atoms with Gasteiger partial charge in [0, 0.05) is 19.0 Å². The van der Waals surface area contributed by atoms with Crippen LogP contribution in [0.15, 0.2) is 0 Å². The van der Waals surface area contributed by atoms with E-state index in [9.17, 15) is 4.79 Å². The van der Waals surface area contributed by atoms with Crippen molar-refractivity contribution < 1.29 is 4.79 Å². The fourth-order valence-electron chi connectivity index (χ4n) is 1.11. The molecule has 0 aromatic heterocycles. The Balaban J connectivity index is 0. The normalized spacial score (nSPS) is 13.7. The summed E-state index contributed by atoms with van der Waals surface area (Å²) in [7, 11) is 1.66. The summed E-state index contributed by atoms with van der Waals surface area (Å²) in [4.78, 5) is 11.1. The summed E-state index contributed by atoms with van der Waals surface area (Å²) >= 11 is 0. The topological polar surface area (TPSA) is 55.1 Å². The van der Waals surface area contributed by atoms with Crippen LogP contribution in [-0.2, 0) is 4.79 Å². The summed E-state index contributed by atoms with van der Waals surface area (Å²) in [6.07, 6.45) is 1.64. The Morgan fingerprint density at radius 3 is 2.15 bits per heavy atom. The Morgan fingerprint density at radius 1 is 1.46 bits per heavy atom. The molecule has 13 heavy (non-hydrogen) atoms. The van der Waals surface area contributed by atoms with E-state index >= 15 is 0 Å². The number of amides is 1. The van der Waals surface area contributed by atoms with Gasteiger partial charge in [-0.15, -0.1) is 0 Å². The van der Waals surface area contributed by atoms with Crippen LogP contribution in [0.4, 0.5) is 0 Å². The van der Waals surface area contributed by atoms with Gasteiger partial charge in [-0.2, -0.15) is 0 Å². The highest BCUT2D eigenvalue weighted by atomic mass is 16.1. The zero-order valence-corrected chi connectivity index (χ0v) is 9.55. The number of rotatable bonds is 4. The van der Waals surface area contributed by atoms with E-state index in [-0.39, 0.29) is 17.9 Å². The second-order valence-corrected chi connectivity index (χ2v) is 2.93. The van der Waals surface area contributed by atoms with Gasteiger partial charge in [0.15, 0.2) is 0 Å². The molecule has 3 nitrogen and oxygen atoms in total. The molecule has 80 valence electrons. The molecule has 2 unspecified atom stereocenters. The molecule has 0 aliphatic heterocycles. The van der Waals surface area contributed by atoms with Crippen molar-refractivity contribution in [3.05, 3.63) is 0 Å². The van der Waals surface area contributed by atoms with E-state index in [1.165, 1.54) is 0 Å². The van der Waals surface area contributed by atoms with Crippen LogP contribution in [0.25, 0.3) is 0 Å². The maximum Gasteiger partial charge on any atom is 0.222 e. The van der Waals surface area contributed by atoms with Gasteiger partial charge in [-0.1, -0.05) is 20.8 Å². The van der Waals surface area contributed by atoms with Gasteiger partial charge in [0.1, 0.15) is 0 Å². The van der Waals surface area contributed by atoms with Gasteiger partial charge in [-0.05, 0) is 19.8 Å². The maximum atomic E-state index is 11.1. The Labute approximate surface area is 82.1 Å². The number of carbonyl (C=O) groups excluding carboxylic acids is 1. The van der Waals surface area contributed by atoms with Crippen LogP contribution in [-0.4, -0.2) is 19.0 Å². The molecule has 0 bridgehead atoms. The fourth-order valence-corrected chi connectivity index (χ4v) is 1.11. The van der Waals surface area contributed by atoms with Crippen molar-refractivity contribution >= 4 is 5.91 Å². The molecule has 0 spiro atoms. The van der Waals surface area contributed by atoms with Crippen LogP contribution in [0.1, 0.15) is 40.5 Å². The van der Waals surface area contributed by atoms with Gasteiger partial charge in [-0.25, -0.2) is 0 Å². The van der Waals surface area contributed by atoms with Crippen molar-refractivity contribution in [1.82, 2.24) is 5.32 Å². The Hall–Kier alpha value is -0.570. The molecule has 0 radical (unpaired) electrons. The first-order chi connectivity index (χ1) is 6.11. The molecule has 3 heteroatoms. The van der Waals surface area contributed by atoms with Crippen LogP contribution in [0, 0.1) is 5.92 Å². The summed E-state index contributed by atoms with van der Waals surface area (Å²) in [5, 5.41) is 2.63. The molecule has 3 N–H and O–H groups in total. The largest absolute Gasteiger partial charge is 0.359 e. The first kappa shape index (κ1) is 14.9. The molecule has 0 saturated carbocycles. The highest BCUT2D eigenvalue weighted by molar-refractivity contribution is 5.78.